The number of pyridine rings is 1. The summed E-state index contributed by atoms with van der Waals surface area (Å²) in [5.41, 5.74) is 3.88. The highest BCUT2D eigenvalue weighted by Gasteiger charge is 2.21. The molecule has 1 aliphatic carbocycles. The molecule has 0 atom stereocenters. The molecule has 0 amide bonds. The van der Waals surface area contributed by atoms with E-state index in [2.05, 4.69) is 4.98 Å². The number of hydrogen-bond donors (Lipinski definition) is 0. The molecule has 0 N–H and O–H groups in total. The predicted molar refractivity (Wildman–Crippen MR) is 89.8 cm³/mol. The second kappa shape index (κ2) is 7.55. The van der Waals surface area contributed by atoms with Crippen LogP contribution in [0, 0.1) is 0 Å². The number of ketones is 1. The van der Waals surface area contributed by atoms with Gasteiger partial charge in [-0.3, -0.25) is 9.78 Å². The maximum Gasteiger partial charge on any atom is 0.163 e. The largest absolute Gasteiger partial charge is 0.497 e. The van der Waals surface area contributed by atoms with E-state index in [1.54, 1.807) is 19.5 Å². The number of benzene rings is 1. The summed E-state index contributed by atoms with van der Waals surface area (Å²) in [7, 11) is 1.65. The van der Waals surface area contributed by atoms with E-state index in [0.717, 1.165) is 28.9 Å². The zero-order valence-electron chi connectivity index (χ0n) is 13.3. The van der Waals surface area contributed by atoms with Crippen molar-refractivity contribution in [3.8, 4) is 5.75 Å². The summed E-state index contributed by atoms with van der Waals surface area (Å²) in [6.07, 6.45) is 6.73. The molecule has 0 spiro atoms. The number of rotatable bonds is 2. The van der Waals surface area contributed by atoms with Gasteiger partial charge in [0.05, 0.1) is 7.11 Å². The first-order valence-electron chi connectivity index (χ1n) is 7.60. The van der Waals surface area contributed by atoms with E-state index in [0.29, 0.717) is 6.42 Å². The fraction of sp³-hybridized carbons (Fsp3) is 0.263. The van der Waals surface area contributed by atoms with Gasteiger partial charge in [0.1, 0.15) is 5.75 Å². The third-order valence-electron chi connectivity index (χ3n) is 3.52. The molecule has 3 nitrogen and oxygen atoms in total. The Hall–Kier alpha value is -2.42. The molecule has 1 aliphatic rings. The Balaban J connectivity index is 0.000000847. The Labute approximate surface area is 131 Å². The highest BCUT2D eigenvalue weighted by atomic mass is 16.5. The number of carbonyl (C=O) groups is 1. The molecule has 0 radical (unpaired) electrons. The first kappa shape index (κ1) is 16.0. The fourth-order valence-corrected chi connectivity index (χ4v) is 2.49. The molecule has 22 heavy (non-hydrogen) atoms. The summed E-state index contributed by atoms with van der Waals surface area (Å²) in [5.74, 6) is 1.02. The van der Waals surface area contributed by atoms with Crippen LogP contribution in [0.4, 0.5) is 0 Å². The van der Waals surface area contributed by atoms with Gasteiger partial charge in [-0.2, -0.15) is 0 Å². The van der Waals surface area contributed by atoms with Crippen molar-refractivity contribution in [3.05, 3.63) is 59.4 Å². The summed E-state index contributed by atoms with van der Waals surface area (Å²) < 4.78 is 5.25. The van der Waals surface area contributed by atoms with Gasteiger partial charge in [-0.1, -0.05) is 26.0 Å². The van der Waals surface area contributed by atoms with Crippen molar-refractivity contribution in [1.82, 2.24) is 4.98 Å². The van der Waals surface area contributed by atoms with Crippen molar-refractivity contribution < 1.29 is 9.53 Å². The van der Waals surface area contributed by atoms with E-state index in [4.69, 9.17) is 4.74 Å². The molecule has 1 heterocycles. The summed E-state index contributed by atoms with van der Waals surface area (Å²) in [4.78, 5) is 16.3. The Bertz CT molecular complexity index is 675. The number of methoxy groups -OCH3 is 1. The maximum atomic E-state index is 12.2. The molecule has 3 rings (SSSR count). The van der Waals surface area contributed by atoms with Gasteiger partial charge in [0, 0.05) is 24.4 Å². The Morgan fingerprint density at radius 3 is 2.68 bits per heavy atom. The molecule has 0 saturated carbocycles. The van der Waals surface area contributed by atoms with Gasteiger partial charge in [-0.25, -0.2) is 0 Å². The van der Waals surface area contributed by atoms with Crippen LogP contribution in [0.1, 0.15) is 37.0 Å². The number of allylic oxidation sites excluding steroid dienone is 1. The van der Waals surface area contributed by atoms with Crippen molar-refractivity contribution in [3.63, 3.8) is 0 Å². The molecule has 0 bridgehead atoms. The summed E-state index contributed by atoms with van der Waals surface area (Å²) in [6.45, 7) is 4.00. The van der Waals surface area contributed by atoms with Crippen LogP contribution in [0.2, 0.25) is 0 Å². The van der Waals surface area contributed by atoms with Crippen molar-refractivity contribution >= 4 is 17.4 Å². The number of ether oxygens (including phenoxy) is 1. The first-order valence-corrected chi connectivity index (χ1v) is 7.60. The van der Waals surface area contributed by atoms with Gasteiger partial charge < -0.3 is 4.74 Å². The molecule has 114 valence electrons. The predicted octanol–water partition coefficient (Wildman–Crippen LogP) is 4.17. The van der Waals surface area contributed by atoms with E-state index in [1.807, 2.05) is 50.3 Å². The Kier molecular flexibility index (Phi) is 5.48. The molecule has 0 fully saturated rings. The number of aromatic nitrogens is 1. The van der Waals surface area contributed by atoms with Crippen LogP contribution in [0.5, 0.6) is 5.75 Å². The third-order valence-corrected chi connectivity index (χ3v) is 3.52. The zero-order valence-corrected chi connectivity index (χ0v) is 13.3. The van der Waals surface area contributed by atoms with Crippen molar-refractivity contribution in [1.29, 1.82) is 0 Å². The molecule has 1 aromatic heterocycles. The molecular weight excluding hydrogens is 274 g/mol. The van der Waals surface area contributed by atoms with E-state index < -0.39 is 0 Å². The summed E-state index contributed by atoms with van der Waals surface area (Å²) >= 11 is 0. The second-order valence-electron chi connectivity index (χ2n) is 4.79. The third kappa shape index (κ3) is 3.42. The van der Waals surface area contributed by atoms with Gasteiger partial charge in [-0.15, -0.1) is 0 Å². The SMILES string of the molecule is CC.COc1ccc2c(c1)CCC(=O)/C2=C\c1cccnc1. The molecule has 3 heteroatoms. The van der Waals surface area contributed by atoms with E-state index >= 15 is 0 Å². The molecule has 0 aliphatic heterocycles. The topological polar surface area (TPSA) is 39.2 Å². The van der Waals surface area contributed by atoms with Crippen LogP contribution < -0.4 is 4.74 Å². The number of fused-ring (bicyclic) bond motifs is 1. The van der Waals surface area contributed by atoms with Crippen molar-refractivity contribution in [2.24, 2.45) is 0 Å². The lowest BCUT2D eigenvalue weighted by molar-refractivity contribution is -0.113. The lowest BCUT2D eigenvalue weighted by Crippen LogP contribution is -2.12. The highest BCUT2D eigenvalue weighted by Crippen LogP contribution is 2.32. The molecule has 0 unspecified atom stereocenters. The summed E-state index contributed by atoms with van der Waals surface area (Å²) in [5, 5.41) is 0. The summed E-state index contributed by atoms with van der Waals surface area (Å²) in [6, 6.07) is 9.69. The zero-order chi connectivity index (χ0) is 15.9. The normalized spacial score (nSPS) is 14.9. The van der Waals surface area contributed by atoms with E-state index in [-0.39, 0.29) is 5.78 Å². The highest BCUT2D eigenvalue weighted by molar-refractivity contribution is 6.26. The number of aryl methyl sites for hydroxylation is 1. The lowest BCUT2D eigenvalue weighted by atomic mass is 9.85. The van der Waals surface area contributed by atoms with Gasteiger partial charge in [0.25, 0.3) is 0 Å². The number of carbonyl (C=O) groups excluding carboxylic acids is 1. The van der Waals surface area contributed by atoms with Crippen LogP contribution in [-0.2, 0) is 11.2 Å². The minimum atomic E-state index is 0.187. The standard InChI is InChI=1S/C17H15NO2.C2H6/c1-20-14-5-6-15-13(10-14)4-7-17(19)16(15)9-12-3-2-8-18-11-12;1-2/h2-3,5-6,8-11H,4,7H2,1H3;1-2H3/b16-9-;. The molecule has 1 aromatic carbocycles. The van der Waals surface area contributed by atoms with Crippen LogP contribution >= 0.6 is 0 Å². The second-order valence-corrected chi connectivity index (χ2v) is 4.79. The average molecular weight is 295 g/mol. The van der Waals surface area contributed by atoms with E-state index in [9.17, 15) is 4.79 Å². The first-order chi connectivity index (χ1) is 10.8. The van der Waals surface area contributed by atoms with Crippen LogP contribution in [0.15, 0.2) is 42.7 Å². The van der Waals surface area contributed by atoms with Crippen molar-refractivity contribution in [2.45, 2.75) is 26.7 Å². The van der Waals surface area contributed by atoms with Gasteiger partial charge in [0.15, 0.2) is 5.78 Å². The van der Waals surface area contributed by atoms with Gasteiger partial charge in [-0.05, 0) is 47.4 Å². The van der Waals surface area contributed by atoms with Gasteiger partial charge in [0.2, 0.25) is 0 Å². The Morgan fingerprint density at radius 1 is 1.18 bits per heavy atom. The minimum absolute atomic E-state index is 0.187. The van der Waals surface area contributed by atoms with E-state index in [1.165, 1.54) is 5.56 Å². The average Bonchev–Trinajstić information content (AvgIpc) is 2.59. The molecule has 0 saturated heterocycles. The number of hydrogen-bond acceptors (Lipinski definition) is 3. The van der Waals surface area contributed by atoms with Crippen LogP contribution in [-0.4, -0.2) is 17.9 Å². The van der Waals surface area contributed by atoms with Crippen LogP contribution in [0.25, 0.3) is 11.6 Å². The molecular formula is C19H21NO2. The van der Waals surface area contributed by atoms with Crippen molar-refractivity contribution in [2.75, 3.05) is 7.11 Å². The smallest absolute Gasteiger partial charge is 0.163 e. The Morgan fingerprint density at radius 2 is 2.00 bits per heavy atom. The van der Waals surface area contributed by atoms with Gasteiger partial charge >= 0.3 is 0 Å². The lowest BCUT2D eigenvalue weighted by Gasteiger charge is -2.19. The van der Waals surface area contributed by atoms with Crippen LogP contribution in [0.3, 0.4) is 0 Å². The fourth-order valence-electron chi connectivity index (χ4n) is 2.49. The molecule has 2 aromatic rings. The monoisotopic (exact) mass is 295 g/mol. The number of nitrogens with zero attached hydrogens (tertiary/aromatic N) is 1. The maximum absolute atomic E-state index is 12.2. The quantitative estimate of drug-likeness (QED) is 0.780. The minimum Gasteiger partial charge on any atom is -0.497 e. The number of Topliss-reactive ketones (excluding diaryl/α,β-unsaturated/α-hetero) is 1.